The van der Waals surface area contributed by atoms with Crippen LogP contribution in [0.1, 0.15) is 44.9 Å². The maximum Gasteiger partial charge on any atom is 0.106 e. The van der Waals surface area contributed by atoms with E-state index < -0.39 is 0 Å². The van der Waals surface area contributed by atoms with Crippen molar-refractivity contribution in [3.63, 3.8) is 0 Å². The normalized spacial score (nSPS) is 53.4. The van der Waals surface area contributed by atoms with Gasteiger partial charge in [0.1, 0.15) is 5.54 Å². The van der Waals surface area contributed by atoms with Crippen molar-refractivity contribution in [2.75, 3.05) is 0 Å². The second-order valence-corrected chi connectivity index (χ2v) is 5.25. The van der Waals surface area contributed by atoms with Crippen LogP contribution in [-0.4, -0.2) is 5.54 Å². The zero-order valence-corrected chi connectivity index (χ0v) is 8.04. The van der Waals surface area contributed by atoms with Crippen LogP contribution in [0.3, 0.4) is 0 Å². The van der Waals surface area contributed by atoms with Crippen molar-refractivity contribution in [3.8, 4) is 0 Å². The van der Waals surface area contributed by atoms with Gasteiger partial charge in [0, 0.05) is 0 Å². The molecule has 0 aromatic heterocycles. The predicted octanol–water partition coefficient (Wildman–Crippen LogP) is 3.11. The van der Waals surface area contributed by atoms with E-state index in [4.69, 9.17) is 0 Å². The molecule has 0 N–H and O–H groups in total. The number of hydrogen-bond acceptors (Lipinski definition) is 2. The Bertz CT molecular complexity index is 240. The van der Waals surface area contributed by atoms with Crippen LogP contribution in [0.4, 0.5) is 0 Å². The van der Waals surface area contributed by atoms with Crippen molar-refractivity contribution in [2.45, 2.75) is 50.5 Å². The Balaban J connectivity index is 1.86. The van der Waals surface area contributed by atoms with E-state index in [9.17, 15) is 4.91 Å². The third kappa shape index (κ3) is 0.893. The highest BCUT2D eigenvalue weighted by atomic mass is 16.3. The predicted molar refractivity (Wildman–Crippen MR) is 51.3 cm³/mol. The second-order valence-electron chi connectivity index (χ2n) is 5.25. The molecule has 4 unspecified atom stereocenters. The number of nitroso groups, excluding NO2 is 1. The van der Waals surface area contributed by atoms with Gasteiger partial charge < -0.3 is 0 Å². The van der Waals surface area contributed by atoms with E-state index in [-0.39, 0.29) is 5.54 Å². The van der Waals surface area contributed by atoms with E-state index in [1.165, 1.54) is 32.1 Å². The van der Waals surface area contributed by atoms with Crippen LogP contribution in [0, 0.1) is 22.7 Å². The average Bonchev–Trinajstić information content (AvgIpc) is 2.35. The number of hydrogen-bond donors (Lipinski definition) is 0. The van der Waals surface area contributed by atoms with Crippen molar-refractivity contribution >= 4 is 0 Å². The summed E-state index contributed by atoms with van der Waals surface area (Å²) in [5.74, 6) is 2.43. The third-order valence-electron chi connectivity index (χ3n) is 4.86. The van der Waals surface area contributed by atoms with Gasteiger partial charge in [0.25, 0.3) is 0 Å². The number of nitrogens with zero attached hydrogens (tertiary/aromatic N) is 1. The van der Waals surface area contributed by atoms with E-state index in [0.29, 0.717) is 5.92 Å². The molecule has 0 spiro atoms. The zero-order valence-electron chi connectivity index (χ0n) is 8.04. The highest BCUT2D eigenvalue weighted by Crippen LogP contribution is 2.61. The molecule has 0 aromatic carbocycles. The lowest BCUT2D eigenvalue weighted by molar-refractivity contribution is 0.114. The average molecular weight is 179 g/mol. The Labute approximate surface area is 79.1 Å². The lowest BCUT2D eigenvalue weighted by atomic mass is 9.65. The molecular weight excluding hydrogens is 162 g/mol. The van der Waals surface area contributed by atoms with Crippen LogP contribution in [-0.2, 0) is 0 Å². The molecule has 2 nitrogen and oxygen atoms in total. The summed E-state index contributed by atoms with van der Waals surface area (Å²) in [5.41, 5.74) is -0.0698. The molecule has 3 aliphatic rings. The van der Waals surface area contributed by atoms with Gasteiger partial charge in [-0.05, 0) is 43.4 Å². The van der Waals surface area contributed by atoms with E-state index >= 15 is 0 Å². The molecule has 72 valence electrons. The minimum Gasteiger partial charge on any atom is -0.150 e. The minimum absolute atomic E-state index is 0.0698. The first kappa shape index (κ1) is 7.95. The fourth-order valence-electron chi connectivity index (χ4n) is 4.13. The maximum atomic E-state index is 10.9. The van der Waals surface area contributed by atoms with Crippen LogP contribution < -0.4 is 0 Å². The molecule has 0 saturated heterocycles. The first-order chi connectivity index (χ1) is 6.36. The molecule has 0 aromatic rings. The number of fused-ring (bicyclic) bond motifs is 3. The fourth-order valence-corrected chi connectivity index (χ4v) is 4.13. The minimum atomic E-state index is -0.0698. The Hall–Kier alpha value is -0.400. The van der Waals surface area contributed by atoms with Gasteiger partial charge >= 0.3 is 0 Å². The molecule has 4 atom stereocenters. The van der Waals surface area contributed by atoms with Crippen LogP contribution >= 0.6 is 0 Å². The molecule has 0 aliphatic heterocycles. The monoisotopic (exact) mass is 179 g/mol. The molecule has 0 heterocycles. The van der Waals surface area contributed by atoms with Crippen molar-refractivity contribution in [1.82, 2.24) is 0 Å². The highest BCUT2D eigenvalue weighted by molar-refractivity contribution is 5.13. The van der Waals surface area contributed by atoms with Gasteiger partial charge in [0.05, 0.1) is 0 Å². The van der Waals surface area contributed by atoms with Gasteiger partial charge in [-0.3, -0.25) is 0 Å². The largest absolute Gasteiger partial charge is 0.150 e. The molecule has 2 heteroatoms. The summed E-state index contributed by atoms with van der Waals surface area (Å²) in [4.78, 5) is 10.9. The molecule has 0 amide bonds. The first-order valence-electron chi connectivity index (χ1n) is 5.70. The van der Waals surface area contributed by atoms with Crippen molar-refractivity contribution in [2.24, 2.45) is 22.9 Å². The molecule has 3 fully saturated rings. The lowest BCUT2D eigenvalue weighted by Gasteiger charge is -2.41. The summed E-state index contributed by atoms with van der Waals surface area (Å²) in [6.45, 7) is 0. The summed E-state index contributed by atoms with van der Waals surface area (Å²) in [6.07, 6.45) is 9.05. The Morgan fingerprint density at radius 2 is 2.00 bits per heavy atom. The Morgan fingerprint density at radius 1 is 1.15 bits per heavy atom. The zero-order chi connectivity index (χ0) is 8.89. The summed E-state index contributed by atoms with van der Waals surface area (Å²) < 4.78 is 0. The number of rotatable bonds is 1. The van der Waals surface area contributed by atoms with Gasteiger partial charge in [0.2, 0.25) is 0 Å². The third-order valence-corrected chi connectivity index (χ3v) is 4.86. The van der Waals surface area contributed by atoms with E-state index in [0.717, 1.165) is 24.7 Å². The molecule has 13 heavy (non-hydrogen) atoms. The van der Waals surface area contributed by atoms with Gasteiger partial charge in [-0.15, -0.1) is 0 Å². The standard InChI is InChI=1S/C11H17NO/c13-12-11-6-5-10(11)9-4-2-1-3-8(9)7-11/h8-10H,1-7H2. The van der Waals surface area contributed by atoms with Gasteiger partial charge in [-0.25, -0.2) is 0 Å². The van der Waals surface area contributed by atoms with E-state index in [2.05, 4.69) is 5.18 Å². The molecule has 3 saturated carbocycles. The molecule has 0 bridgehead atoms. The smallest absolute Gasteiger partial charge is 0.106 e. The van der Waals surface area contributed by atoms with Crippen molar-refractivity contribution < 1.29 is 0 Å². The van der Waals surface area contributed by atoms with Gasteiger partial charge in [-0.1, -0.05) is 24.4 Å². The molecule has 3 aliphatic carbocycles. The fraction of sp³-hybridized carbons (Fsp3) is 1.00. The second kappa shape index (κ2) is 2.55. The van der Waals surface area contributed by atoms with Crippen molar-refractivity contribution in [3.05, 3.63) is 4.91 Å². The van der Waals surface area contributed by atoms with Crippen LogP contribution in [0.25, 0.3) is 0 Å². The van der Waals surface area contributed by atoms with Crippen LogP contribution in [0.15, 0.2) is 5.18 Å². The van der Waals surface area contributed by atoms with E-state index in [1.54, 1.807) is 0 Å². The highest BCUT2D eigenvalue weighted by Gasteiger charge is 2.60. The SMILES string of the molecule is O=NC12CCC1C1CCCCC1C2. The topological polar surface area (TPSA) is 29.4 Å². The maximum absolute atomic E-state index is 10.9. The van der Waals surface area contributed by atoms with E-state index in [1.807, 2.05) is 0 Å². The lowest BCUT2D eigenvalue weighted by Crippen LogP contribution is -2.42. The summed E-state index contributed by atoms with van der Waals surface area (Å²) >= 11 is 0. The van der Waals surface area contributed by atoms with Crippen LogP contribution in [0.5, 0.6) is 0 Å². The van der Waals surface area contributed by atoms with Crippen molar-refractivity contribution in [1.29, 1.82) is 0 Å². The Morgan fingerprint density at radius 3 is 2.69 bits per heavy atom. The summed E-state index contributed by atoms with van der Waals surface area (Å²) in [6, 6.07) is 0. The summed E-state index contributed by atoms with van der Waals surface area (Å²) in [7, 11) is 0. The Kier molecular flexibility index (Phi) is 1.56. The van der Waals surface area contributed by atoms with Gasteiger partial charge in [-0.2, -0.15) is 4.91 Å². The van der Waals surface area contributed by atoms with Crippen LogP contribution in [0.2, 0.25) is 0 Å². The molecular formula is C11H17NO. The quantitative estimate of drug-likeness (QED) is 0.569. The molecule has 0 radical (unpaired) electrons. The summed E-state index contributed by atoms with van der Waals surface area (Å²) in [5, 5.41) is 3.46. The van der Waals surface area contributed by atoms with Gasteiger partial charge in [0.15, 0.2) is 0 Å². The first-order valence-corrected chi connectivity index (χ1v) is 5.70. The molecule has 3 rings (SSSR count).